The zero-order chi connectivity index (χ0) is 20.6. The van der Waals surface area contributed by atoms with Crippen molar-refractivity contribution < 1.29 is 13.9 Å². The third kappa shape index (κ3) is 4.96. The minimum Gasteiger partial charge on any atom is -0.467 e. The second-order valence-corrected chi connectivity index (χ2v) is 6.70. The minimum atomic E-state index is -0.220. The standard InChI is InChI=1S/C25H22N2O3/c28-24(18-26-25(23-16-9-17-29-23)19-10-3-1-4-11-19)27-21-14-7-8-15-22(21)30-20-12-5-2-6-13-20/h1-17,25-26H,18H2,(H,27,28)/t25-/m0/s1. The van der Waals surface area contributed by atoms with E-state index in [2.05, 4.69) is 10.6 Å². The molecule has 1 heterocycles. The summed E-state index contributed by atoms with van der Waals surface area (Å²) in [5.41, 5.74) is 1.63. The molecule has 0 fully saturated rings. The van der Waals surface area contributed by atoms with Crippen LogP contribution in [-0.4, -0.2) is 12.5 Å². The number of nitrogens with one attached hydrogen (secondary N) is 2. The molecule has 0 saturated heterocycles. The largest absolute Gasteiger partial charge is 0.467 e. The highest BCUT2D eigenvalue weighted by atomic mass is 16.5. The highest BCUT2D eigenvalue weighted by molar-refractivity contribution is 5.93. The van der Waals surface area contributed by atoms with E-state index in [0.717, 1.165) is 11.3 Å². The molecule has 0 spiro atoms. The molecule has 1 aromatic heterocycles. The molecule has 0 aliphatic carbocycles. The Balaban J connectivity index is 1.43. The molecule has 5 nitrogen and oxygen atoms in total. The molecule has 0 aliphatic rings. The Bertz CT molecular complexity index is 1060. The smallest absolute Gasteiger partial charge is 0.238 e. The van der Waals surface area contributed by atoms with Gasteiger partial charge in [-0.05, 0) is 42.0 Å². The van der Waals surface area contributed by atoms with Crippen LogP contribution in [0.1, 0.15) is 17.4 Å². The number of ether oxygens (including phenoxy) is 1. The average molecular weight is 398 g/mol. The molecule has 150 valence electrons. The predicted molar refractivity (Wildman–Crippen MR) is 117 cm³/mol. The molecular formula is C25H22N2O3. The van der Waals surface area contributed by atoms with Gasteiger partial charge in [0.25, 0.3) is 0 Å². The molecule has 2 N–H and O–H groups in total. The molecule has 0 saturated carbocycles. The third-order valence-electron chi connectivity index (χ3n) is 4.56. The van der Waals surface area contributed by atoms with Gasteiger partial charge in [0.15, 0.2) is 5.75 Å². The van der Waals surface area contributed by atoms with Crippen molar-refractivity contribution in [2.24, 2.45) is 0 Å². The average Bonchev–Trinajstić information content (AvgIpc) is 3.31. The Kier molecular flexibility index (Phi) is 6.22. The zero-order valence-corrected chi connectivity index (χ0v) is 16.3. The van der Waals surface area contributed by atoms with Crippen LogP contribution < -0.4 is 15.4 Å². The monoisotopic (exact) mass is 398 g/mol. The number of rotatable bonds is 8. The van der Waals surface area contributed by atoms with E-state index in [4.69, 9.17) is 9.15 Å². The Morgan fingerprint density at radius 1 is 0.833 bits per heavy atom. The van der Waals surface area contributed by atoms with Gasteiger partial charge in [-0.25, -0.2) is 0 Å². The number of hydrogen-bond donors (Lipinski definition) is 2. The first-order valence-electron chi connectivity index (χ1n) is 9.73. The summed E-state index contributed by atoms with van der Waals surface area (Å²) in [5, 5.41) is 6.21. The minimum absolute atomic E-state index is 0.111. The summed E-state index contributed by atoms with van der Waals surface area (Å²) in [7, 11) is 0. The molecule has 0 radical (unpaired) electrons. The molecular weight excluding hydrogens is 376 g/mol. The van der Waals surface area contributed by atoms with Crippen molar-refractivity contribution in [1.29, 1.82) is 0 Å². The van der Waals surface area contributed by atoms with E-state index in [9.17, 15) is 4.79 Å². The zero-order valence-electron chi connectivity index (χ0n) is 16.3. The summed E-state index contributed by atoms with van der Waals surface area (Å²) in [6.07, 6.45) is 1.63. The molecule has 0 aliphatic heterocycles. The van der Waals surface area contributed by atoms with Crippen LogP contribution in [0.2, 0.25) is 0 Å². The fraction of sp³-hybridized carbons (Fsp3) is 0.0800. The Hall–Kier alpha value is -3.83. The SMILES string of the molecule is O=C(CN[C@@H](c1ccccc1)c1ccco1)Nc1ccccc1Oc1ccccc1. The molecule has 30 heavy (non-hydrogen) atoms. The van der Waals surface area contributed by atoms with Gasteiger partial charge in [-0.1, -0.05) is 60.7 Å². The maximum Gasteiger partial charge on any atom is 0.238 e. The summed E-state index contributed by atoms with van der Waals surface area (Å²) in [4.78, 5) is 12.7. The molecule has 5 heteroatoms. The van der Waals surface area contributed by atoms with Crippen molar-refractivity contribution in [2.45, 2.75) is 6.04 Å². The van der Waals surface area contributed by atoms with Gasteiger partial charge in [0.1, 0.15) is 11.5 Å². The van der Waals surface area contributed by atoms with E-state index in [1.807, 2.05) is 97.1 Å². The maximum atomic E-state index is 12.7. The lowest BCUT2D eigenvalue weighted by Gasteiger charge is -2.17. The number of carbonyl (C=O) groups is 1. The second-order valence-electron chi connectivity index (χ2n) is 6.70. The van der Waals surface area contributed by atoms with Crippen molar-refractivity contribution in [2.75, 3.05) is 11.9 Å². The Morgan fingerprint density at radius 2 is 1.53 bits per heavy atom. The van der Waals surface area contributed by atoms with Gasteiger partial charge in [0.05, 0.1) is 24.5 Å². The molecule has 4 rings (SSSR count). The summed E-state index contributed by atoms with van der Waals surface area (Å²) in [6.45, 7) is 0.111. The summed E-state index contributed by atoms with van der Waals surface area (Å²) >= 11 is 0. The van der Waals surface area contributed by atoms with Gasteiger partial charge in [0.2, 0.25) is 5.91 Å². The van der Waals surface area contributed by atoms with Crippen LogP contribution in [0.25, 0.3) is 0 Å². The molecule has 3 aromatic carbocycles. The fourth-order valence-corrected chi connectivity index (χ4v) is 3.15. The summed E-state index contributed by atoms with van der Waals surface area (Å²) < 4.78 is 11.5. The summed E-state index contributed by atoms with van der Waals surface area (Å²) in [5.74, 6) is 1.87. The van der Waals surface area contributed by atoms with Crippen LogP contribution in [0.4, 0.5) is 5.69 Å². The topological polar surface area (TPSA) is 63.5 Å². The number of carbonyl (C=O) groups excluding carboxylic acids is 1. The molecule has 0 bridgehead atoms. The van der Waals surface area contributed by atoms with Crippen molar-refractivity contribution in [1.82, 2.24) is 5.32 Å². The van der Waals surface area contributed by atoms with Crippen LogP contribution in [0.15, 0.2) is 108 Å². The highest BCUT2D eigenvalue weighted by Gasteiger charge is 2.18. The van der Waals surface area contributed by atoms with Crippen LogP contribution in [0.5, 0.6) is 11.5 Å². The second kappa shape index (κ2) is 9.58. The van der Waals surface area contributed by atoms with Gasteiger partial charge in [-0.15, -0.1) is 0 Å². The van der Waals surface area contributed by atoms with E-state index in [-0.39, 0.29) is 18.5 Å². The van der Waals surface area contributed by atoms with E-state index in [1.54, 1.807) is 6.26 Å². The van der Waals surface area contributed by atoms with Gasteiger partial charge in [-0.3, -0.25) is 10.1 Å². The number of amides is 1. The van der Waals surface area contributed by atoms with Crippen molar-refractivity contribution in [3.8, 4) is 11.5 Å². The quantitative estimate of drug-likeness (QED) is 0.418. The number of para-hydroxylation sites is 3. The van der Waals surface area contributed by atoms with Gasteiger partial charge < -0.3 is 14.5 Å². The van der Waals surface area contributed by atoms with Crippen LogP contribution in [-0.2, 0) is 4.79 Å². The summed E-state index contributed by atoms with van der Waals surface area (Å²) in [6, 6.07) is 30.2. The first-order valence-corrected chi connectivity index (χ1v) is 9.73. The van der Waals surface area contributed by atoms with Crippen molar-refractivity contribution in [3.05, 3.63) is 115 Å². The molecule has 0 unspecified atom stereocenters. The van der Waals surface area contributed by atoms with E-state index in [1.165, 1.54) is 0 Å². The normalized spacial score (nSPS) is 11.6. The van der Waals surface area contributed by atoms with E-state index in [0.29, 0.717) is 17.2 Å². The first-order chi connectivity index (χ1) is 14.8. The van der Waals surface area contributed by atoms with Crippen LogP contribution in [0, 0.1) is 0 Å². The number of furan rings is 1. The maximum absolute atomic E-state index is 12.7. The highest BCUT2D eigenvalue weighted by Crippen LogP contribution is 2.29. The lowest BCUT2D eigenvalue weighted by atomic mass is 10.0. The predicted octanol–water partition coefficient (Wildman–Crippen LogP) is 5.39. The number of anilines is 1. The Labute approximate surface area is 175 Å². The lowest BCUT2D eigenvalue weighted by Crippen LogP contribution is -2.31. The molecule has 4 aromatic rings. The van der Waals surface area contributed by atoms with Crippen LogP contribution >= 0.6 is 0 Å². The van der Waals surface area contributed by atoms with Crippen molar-refractivity contribution in [3.63, 3.8) is 0 Å². The van der Waals surface area contributed by atoms with Gasteiger partial charge in [0, 0.05) is 0 Å². The lowest BCUT2D eigenvalue weighted by molar-refractivity contribution is -0.115. The van der Waals surface area contributed by atoms with Gasteiger partial charge >= 0.3 is 0 Å². The number of hydrogen-bond acceptors (Lipinski definition) is 4. The fourth-order valence-electron chi connectivity index (χ4n) is 3.15. The Morgan fingerprint density at radius 3 is 2.27 bits per heavy atom. The number of benzene rings is 3. The van der Waals surface area contributed by atoms with Crippen molar-refractivity contribution >= 4 is 11.6 Å². The van der Waals surface area contributed by atoms with Gasteiger partial charge in [-0.2, -0.15) is 0 Å². The molecule has 1 amide bonds. The molecule has 1 atom stereocenters. The van der Waals surface area contributed by atoms with E-state index >= 15 is 0 Å². The van der Waals surface area contributed by atoms with Crippen LogP contribution in [0.3, 0.4) is 0 Å². The first kappa shape index (κ1) is 19.5. The third-order valence-corrected chi connectivity index (χ3v) is 4.56. The van der Waals surface area contributed by atoms with E-state index < -0.39 is 0 Å².